The summed E-state index contributed by atoms with van der Waals surface area (Å²) in [6, 6.07) is 53.4. The smallest absolute Gasteiger partial charge is 1.00 e. The minimum Gasteiger partial charge on any atom is -1.00 e. The van der Waals surface area contributed by atoms with Crippen LogP contribution in [0.1, 0.15) is 53.4 Å². The van der Waals surface area contributed by atoms with Gasteiger partial charge in [-0.15, -0.1) is 177 Å². The molecule has 8 aromatic carbocycles. The number of rotatable bonds is 12. The number of hydrogen-bond donors (Lipinski definition) is 0. The molecule has 0 heterocycles. The summed E-state index contributed by atoms with van der Waals surface area (Å²) in [5.41, 5.74) is 0. The van der Waals surface area contributed by atoms with Crippen molar-refractivity contribution in [3.8, 4) is 0 Å². The van der Waals surface area contributed by atoms with Crippen molar-refractivity contribution in [3.63, 3.8) is 0 Å². The summed E-state index contributed by atoms with van der Waals surface area (Å²) in [4.78, 5) is 0. The molecule has 0 aliphatic heterocycles. The van der Waals surface area contributed by atoms with Gasteiger partial charge in [-0.05, 0) is 51.3 Å². The van der Waals surface area contributed by atoms with Crippen LogP contribution in [0.3, 0.4) is 0 Å². The topological polar surface area (TPSA) is 0 Å². The monoisotopic (exact) mass is 1060 g/mol. The fourth-order valence-corrected chi connectivity index (χ4v) is 13.8. The molecule has 0 saturated carbocycles. The molecular weight excluding hydrogens is 1000 g/mol. The van der Waals surface area contributed by atoms with E-state index in [1.165, 1.54) is 104 Å². The van der Waals surface area contributed by atoms with Crippen molar-refractivity contribution >= 4 is 96.0 Å². The zero-order valence-electron chi connectivity index (χ0n) is 37.1. The van der Waals surface area contributed by atoms with Crippen LogP contribution in [0.4, 0.5) is 0 Å². The van der Waals surface area contributed by atoms with E-state index in [9.17, 15) is 0 Å². The van der Waals surface area contributed by atoms with Gasteiger partial charge in [-0.2, -0.15) is 24.3 Å². The molecule has 0 nitrogen and oxygen atoms in total. The zero-order valence-corrected chi connectivity index (χ0v) is 47.1. The Balaban J connectivity index is 0.000000394. The molecule has 8 rings (SSSR count). The van der Waals surface area contributed by atoms with E-state index in [2.05, 4.69) is 200 Å². The third-order valence-electron chi connectivity index (χ3n) is 10.1. The normalized spacial score (nSPS) is 10.6. The molecule has 0 aliphatic rings. The summed E-state index contributed by atoms with van der Waals surface area (Å²) in [6.45, 7) is 18.4. The van der Waals surface area contributed by atoms with Crippen LogP contribution in [0.5, 0.6) is 0 Å². The van der Waals surface area contributed by atoms with E-state index in [-0.39, 0.29) is 109 Å². The quantitative estimate of drug-likeness (QED) is 0.0849. The summed E-state index contributed by atoms with van der Waals surface area (Å²) in [5.74, 6) is 0. The molecule has 8 aromatic rings. The van der Waals surface area contributed by atoms with Gasteiger partial charge in [-0.1, -0.05) is 93.5 Å². The van der Waals surface area contributed by atoms with Crippen molar-refractivity contribution in [1.82, 2.24) is 0 Å². The summed E-state index contributed by atoms with van der Waals surface area (Å²) < 4.78 is 0. The average molecular weight is 1070 g/mol. The fourth-order valence-electron chi connectivity index (χ4n) is 7.24. The van der Waals surface area contributed by atoms with E-state index in [4.69, 9.17) is 0 Å². The first-order valence-corrected chi connectivity index (χ1v) is 28.6. The molecular formula is C52H64Cl2P4Zr2-2. The molecule has 0 N–H and O–H groups in total. The zero-order chi connectivity index (χ0) is 39.9. The van der Waals surface area contributed by atoms with Gasteiger partial charge in [0.05, 0.1) is 0 Å². The van der Waals surface area contributed by atoms with E-state index in [1.807, 2.05) is 0 Å². The Labute approximate surface area is 419 Å². The summed E-state index contributed by atoms with van der Waals surface area (Å²) in [7, 11) is 0.310. The van der Waals surface area contributed by atoms with Crippen molar-refractivity contribution in [3.05, 3.63) is 146 Å². The molecule has 316 valence electrons. The van der Waals surface area contributed by atoms with Gasteiger partial charge < -0.3 is 24.8 Å². The van der Waals surface area contributed by atoms with Gasteiger partial charge in [-0.25, -0.2) is 0 Å². The van der Waals surface area contributed by atoms with Crippen LogP contribution in [-0.2, 0) is 52.4 Å². The first-order chi connectivity index (χ1) is 27.2. The minimum atomic E-state index is 0. The Hall–Kier alpha value is -0.614. The maximum absolute atomic E-state index is 2.41. The van der Waals surface area contributed by atoms with Crippen molar-refractivity contribution in [1.29, 1.82) is 0 Å². The van der Waals surface area contributed by atoms with Gasteiger partial charge in [0.1, 0.15) is 0 Å². The molecule has 0 fully saturated rings. The van der Waals surface area contributed by atoms with Gasteiger partial charge in [0, 0.05) is 0 Å². The molecule has 0 unspecified atom stereocenters. The van der Waals surface area contributed by atoms with Crippen LogP contribution >= 0.6 is 31.7 Å². The fraction of sp³-hybridized carbons (Fsp3) is 0.308. The maximum atomic E-state index is 2.41. The molecule has 60 heavy (non-hydrogen) atoms. The molecule has 8 heteroatoms. The van der Waals surface area contributed by atoms with Gasteiger partial charge >= 0.3 is 52.4 Å². The Morgan fingerprint density at radius 3 is 0.783 bits per heavy atom. The van der Waals surface area contributed by atoms with Gasteiger partial charge in [0.25, 0.3) is 0 Å². The Morgan fingerprint density at radius 2 is 0.567 bits per heavy atom. The summed E-state index contributed by atoms with van der Waals surface area (Å²) >= 11 is 0. The predicted molar refractivity (Wildman–Crippen MR) is 269 cm³/mol. The first-order valence-electron chi connectivity index (χ1n) is 20.7. The van der Waals surface area contributed by atoms with E-state index in [1.54, 1.807) is 10.6 Å². The average Bonchev–Trinajstić information content (AvgIpc) is 4.02. The van der Waals surface area contributed by atoms with Crippen LogP contribution in [0.2, 0.25) is 0 Å². The number of fused-ring (bicyclic) bond motifs is 4. The first kappa shape index (κ1) is 57.4. The third kappa shape index (κ3) is 17.1. The standard InChI is InChI=1S/2C15H20P.2C11H12P.2ClH.2Zr/c2*1-3-9-16(10-4-2)15-11-13-7-5-6-8-14(13)12-15;2*1-12(2)11-7-9-5-3-4-6-10(9)8-11;;;;/h2*5-8,11-12H,3-4,9-10H2,1-2H3;2*3-8H,1-2H3;2*1H;;/q4*-1;;;2*+2/p-2. The van der Waals surface area contributed by atoms with E-state index >= 15 is 0 Å². The van der Waals surface area contributed by atoms with Crippen LogP contribution in [-0.4, -0.2) is 51.3 Å². The second-order valence-electron chi connectivity index (χ2n) is 15.1. The van der Waals surface area contributed by atoms with Crippen LogP contribution in [0.25, 0.3) is 43.1 Å². The summed E-state index contributed by atoms with van der Waals surface area (Å²) in [6.07, 6.45) is 10.8. The molecule has 0 amide bonds. The molecule has 0 atom stereocenters. The van der Waals surface area contributed by atoms with Crippen molar-refractivity contribution in [2.45, 2.75) is 53.4 Å². The van der Waals surface area contributed by atoms with Gasteiger partial charge in [0.2, 0.25) is 0 Å². The Kier molecular flexibility index (Phi) is 29.2. The van der Waals surface area contributed by atoms with Gasteiger partial charge in [0.15, 0.2) is 0 Å². The maximum Gasteiger partial charge on any atom is 2.00 e. The minimum absolute atomic E-state index is 0. The largest absolute Gasteiger partial charge is 2.00 e. The number of halogens is 2. The van der Waals surface area contributed by atoms with Crippen LogP contribution in [0, 0.1) is 0 Å². The third-order valence-corrected chi connectivity index (χ3v) is 18.7. The van der Waals surface area contributed by atoms with Crippen molar-refractivity contribution < 1.29 is 77.2 Å². The second-order valence-corrected chi connectivity index (χ2v) is 24.7. The SMILES string of the molecule is CCCP(CCC)c1cc2ccccc2[cH-]1.CCCP(CCC)c1cc2ccccc2[cH-]1.CP(C)c1cc2ccccc2[cH-]1.CP(C)c1cc2ccccc2[cH-]1.[Cl-].[Cl-].[Zr+2].[Zr+2]. The second kappa shape index (κ2) is 30.5. The van der Waals surface area contributed by atoms with E-state index in [0.717, 1.165) is 0 Å². The van der Waals surface area contributed by atoms with E-state index < -0.39 is 0 Å². The molecule has 0 spiro atoms. The van der Waals surface area contributed by atoms with E-state index in [0.29, 0.717) is 0 Å². The van der Waals surface area contributed by atoms with Crippen LogP contribution < -0.4 is 46.0 Å². The van der Waals surface area contributed by atoms with Crippen molar-refractivity contribution in [2.75, 3.05) is 51.3 Å². The molecule has 0 saturated heterocycles. The molecule has 0 bridgehead atoms. The van der Waals surface area contributed by atoms with Crippen molar-refractivity contribution in [2.24, 2.45) is 0 Å². The predicted octanol–water partition coefficient (Wildman–Crippen LogP) is 8.83. The Bertz CT molecular complexity index is 2020. The number of hydrogen-bond acceptors (Lipinski definition) is 0. The van der Waals surface area contributed by atoms with Crippen LogP contribution in [0.15, 0.2) is 146 Å². The molecule has 0 aromatic heterocycles. The number of benzene rings is 4. The molecule has 0 radical (unpaired) electrons. The Morgan fingerprint density at radius 1 is 0.350 bits per heavy atom. The summed E-state index contributed by atoms with van der Waals surface area (Å²) in [5, 5.41) is 17.4. The molecule has 0 aliphatic carbocycles. The van der Waals surface area contributed by atoms with Gasteiger partial charge in [-0.3, -0.25) is 0 Å².